The van der Waals surface area contributed by atoms with Gasteiger partial charge in [0, 0.05) is 10.3 Å². The molecule has 1 aliphatic rings. The maximum absolute atomic E-state index is 4.14. The maximum atomic E-state index is 4.14. The molecule has 0 bridgehead atoms. The van der Waals surface area contributed by atoms with Crippen LogP contribution in [0.25, 0.3) is 10.9 Å². The van der Waals surface area contributed by atoms with E-state index in [0.717, 1.165) is 16.6 Å². The smallest absolute Gasteiger partial charge is 0.0881 e. The summed E-state index contributed by atoms with van der Waals surface area (Å²) in [5.74, 6) is 0. The number of thiophene rings is 1. The predicted octanol–water partition coefficient (Wildman–Crippen LogP) is 4.72. The Hall–Kier alpha value is -1.08. The van der Waals surface area contributed by atoms with Crippen LogP contribution >= 0.6 is 33.9 Å². The van der Waals surface area contributed by atoms with Crippen LogP contribution in [0.1, 0.15) is 29.3 Å². The van der Waals surface area contributed by atoms with Crippen LogP contribution in [-0.4, -0.2) is 10.2 Å². The number of rotatable bonds is 2. The molecule has 0 fully saturated rings. The molecule has 0 amide bonds. The number of nitrogens with one attached hydrogen (secondary N) is 2. The van der Waals surface area contributed by atoms with E-state index in [1.54, 1.807) is 4.88 Å². The van der Waals surface area contributed by atoms with Gasteiger partial charge in [0.05, 0.1) is 26.3 Å². The van der Waals surface area contributed by atoms with Crippen molar-refractivity contribution in [3.8, 4) is 0 Å². The van der Waals surface area contributed by atoms with Crippen molar-refractivity contribution in [3.63, 3.8) is 0 Å². The Labute approximate surface area is 134 Å². The van der Waals surface area contributed by atoms with Crippen molar-refractivity contribution in [3.05, 3.63) is 43.8 Å². The number of fused-ring (bicyclic) bond motifs is 2. The van der Waals surface area contributed by atoms with E-state index in [9.17, 15) is 0 Å². The summed E-state index contributed by atoms with van der Waals surface area (Å²) in [5.41, 5.74) is 3.74. The molecule has 2 heterocycles. The Bertz CT molecular complexity index is 761. The van der Waals surface area contributed by atoms with Crippen molar-refractivity contribution in [2.45, 2.75) is 25.3 Å². The van der Waals surface area contributed by atoms with Gasteiger partial charge < -0.3 is 5.32 Å². The van der Waals surface area contributed by atoms with E-state index in [1.165, 1.54) is 27.7 Å². The minimum absolute atomic E-state index is 0.424. The Morgan fingerprint density at radius 3 is 3.30 bits per heavy atom. The lowest BCUT2D eigenvalue weighted by Gasteiger charge is -2.24. The predicted molar refractivity (Wildman–Crippen MR) is 92.4 cm³/mol. The van der Waals surface area contributed by atoms with Crippen molar-refractivity contribution in [1.29, 1.82) is 0 Å². The number of aromatic nitrogens is 2. The van der Waals surface area contributed by atoms with Gasteiger partial charge in [-0.25, -0.2) is 0 Å². The minimum atomic E-state index is 0.424. The molecule has 0 saturated carbocycles. The fourth-order valence-electron chi connectivity index (χ4n) is 2.95. The lowest BCUT2D eigenvalue weighted by Crippen LogP contribution is -2.15. The van der Waals surface area contributed by atoms with Gasteiger partial charge in [-0.2, -0.15) is 5.10 Å². The average molecular weight is 395 g/mol. The highest BCUT2D eigenvalue weighted by atomic mass is 127. The van der Waals surface area contributed by atoms with E-state index in [1.807, 2.05) is 17.5 Å². The second-order valence-corrected chi connectivity index (χ2v) is 8.19. The topological polar surface area (TPSA) is 40.7 Å². The van der Waals surface area contributed by atoms with Crippen molar-refractivity contribution >= 4 is 50.5 Å². The van der Waals surface area contributed by atoms with E-state index in [4.69, 9.17) is 0 Å². The molecule has 0 aliphatic heterocycles. The molecule has 5 heteroatoms. The second-order valence-electron chi connectivity index (χ2n) is 5.16. The number of halogens is 1. The molecule has 2 N–H and O–H groups in total. The van der Waals surface area contributed by atoms with Gasteiger partial charge >= 0.3 is 0 Å². The molecule has 1 aromatic carbocycles. The van der Waals surface area contributed by atoms with Gasteiger partial charge in [-0.1, -0.05) is 12.1 Å². The van der Waals surface area contributed by atoms with E-state index in [2.05, 4.69) is 62.4 Å². The third kappa shape index (κ3) is 2.13. The first-order chi connectivity index (χ1) is 9.81. The molecule has 3 nitrogen and oxygen atoms in total. The largest absolute Gasteiger partial charge is 0.376 e. The summed E-state index contributed by atoms with van der Waals surface area (Å²) in [6.07, 6.45) is 5.57. The van der Waals surface area contributed by atoms with E-state index in [-0.39, 0.29) is 0 Å². The number of hydrogen-bond donors (Lipinski definition) is 2. The van der Waals surface area contributed by atoms with Crippen molar-refractivity contribution < 1.29 is 0 Å². The lowest BCUT2D eigenvalue weighted by atomic mass is 9.94. The molecule has 2 aromatic heterocycles. The summed E-state index contributed by atoms with van der Waals surface area (Å²) in [5, 5.41) is 12.1. The Balaban J connectivity index is 1.71. The summed E-state index contributed by atoms with van der Waals surface area (Å²) in [6, 6.07) is 9.06. The van der Waals surface area contributed by atoms with Gasteiger partial charge in [0.1, 0.15) is 0 Å². The number of para-hydroxylation sites is 1. The van der Waals surface area contributed by atoms with Crippen LogP contribution in [0.2, 0.25) is 0 Å². The van der Waals surface area contributed by atoms with Crippen LogP contribution < -0.4 is 5.32 Å². The van der Waals surface area contributed by atoms with Gasteiger partial charge in [-0.15, -0.1) is 11.3 Å². The summed E-state index contributed by atoms with van der Waals surface area (Å²) in [6.45, 7) is 0. The number of anilines is 1. The molecule has 4 rings (SSSR count). The average Bonchev–Trinajstić information content (AvgIpc) is 3.05. The number of H-pyrrole nitrogens is 1. The van der Waals surface area contributed by atoms with Gasteiger partial charge in [0.15, 0.2) is 0 Å². The van der Waals surface area contributed by atoms with E-state index in [0.29, 0.717) is 6.04 Å². The van der Waals surface area contributed by atoms with Crippen LogP contribution in [0.5, 0.6) is 0 Å². The third-order valence-electron chi connectivity index (χ3n) is 3.89. The number of benzene rings is 1. The van der Waals surface area contributed by atoms with Crippen LogP contribution in [0.3, 0.4) is 0 Å². The van der Waals surface area contributed by atoms with Crippen LogP contribution in [-0.2, 0) is 6.42 Å². The fourth-order valence-corrected chi connectivity index (χ4v) is 5.07. The standard InChI is InChI=1S/C15H14IN3S/c16-14-7-10-11(4-2-6-13(10)20-14)18-12-5-1-3-9-8-17-19-15(9)12/h1,3,5,7-8,11,18H,2,4,6H2,(H,17,19). The number of aromatic amines is 1. The summed E-state index contributed by atoms with van der Waals surface area (Å²) in [7, 11) is 0. The van der Waals surface area contributed by atoms with Crippen molar-refractivity contribution in [2.75, 3.05) is 5.32 Å². The first-order valence-electron chi connectivity index (χ1n) is 6.78. The van der Waals surface area contributed by atoms with E-state index < -0.39 is 0 Å². The van der Waals surface area contributed by atoms with Crippen LogP contribution in [0.15, 0.2) is 30.5 Å². The third-order valence-corrected chi connectivity index (χ3v) is 5.86. The quantitative estimate of drug-likeness (QED) is 0.617. The summed E-state index contributed by atoms with van der Waals surface area (Å²) < 4.78 is 1.39. The molecule has 20 heavy (non-hydrogen) atoms. The SMILES string of the molecule is Ic1cc2c(s1)CCCC2Nc1cccc2cn[nH]c12. The highest BCUT2D eigenvalue weighted by Crippen LogP contribution is 2.38. The minimum Gasteiger partial charge on any atom is -0.376 e. The molecule has 0 radical (unpaired) electrons. The number of hydrogen-bond acceptors (Lipinski definition) is 3. The first-order valence-corrected chi connectivity index (χ1v) is 8.67. The molecule has 1 aliphatic carbocycles. The summed E-state index contributed by atoms with van der Waals surface area (Å²) >= 11 is 4.37. The van der Waals surface area contributed by atoms with Gasteiger partial charge in [0.25, 0.3) is 0 Å². The van der Waals surface area contributed by atoms with Crippen LogP contribution in [0.4, 0.5) is 5.69 Å². The zero-order valence-electron chi connectivity index (χ0n) is 10.8. The molecular formula is C15H14IN3S. The van der Waals surface area contributed by atoms with Gasteiger partial charge in [-0.3, -0.25) is 5.10 Å². The molecule has 3 aromatic rings. The fraction of sp³-hybridized carbons (Fsp3) is 0.267. The number of aryl methyl sites for hydroxylation is 1. The zero-order valence-corrected chi connectivity index (χ0v) is 13.8. The normalized spacial score (nSPS) is 18.1. The highest BCUT2D eigenvalue weighted by Gasteiger charge is 2.23. The Kier molecular flexibility index (Phi) is 3.18. The molecule has 1 unspecified atom stereocenters. The summed E-state index contributed by atoms with van der Waals surface area (Å²) in [4.78, 5) is 1.55. The molecule has 1 atom stereocenters. The monoisotopic (exact) mass is 395 g/mol. The van der Waals surface area contributed by atoms with Crippen molar-refractivity contribution in [2.24, 2.45) is 0 Å². The Morgan fingerprint density at radius 1 is 1.40 bits per heavy atom. The lowest BCUT2D eigenvalue weighted by molar-refractivity contribution is 0.609. The van der Waals surface area contributed by atoms with Gasteiger partial charge in [0.2, 0.25) is 0 Å². The molecular weight excluding hydrogens is 381 g/mol. The Morgan fingerprint density at radius 2 is 2.35 bits per heavy atom. The van der Waals surface area contributed by atoms with E-state index >= 15 is 0 Å². The molecule has 0 saturated heterocycles. The highest BCUT2D eigenvalue weighted by molar-refractivity contribution is 14.1. The molecule has 102 valence electrons. The zero-order chi connectivity index (χ0) is 13.5. The maximum Gasteiger partial charge on any atom is 0.0881 e. The second kappa shape index (κ2) is 5.04. The van der Waals surface area contributed by atoms with Crippen molar-refractivity contribution in [1.82, 2.24) is 10.2 Å². The first kappa shape index (κ1) is 12.6. The molecule has 0 spiro atoms. The number of nitrogens with zero attached hydrogens (tertiary/aromatic N) is 1. The van der Waals surface area contributed by atoms with Crippen LogP contribution in [0, 0.1) is 2.88 Å². The van der Waals surface area contributed by atoms with Gasteiger partial charge in [-0.05, 0) is 59.5 Å².